The maximum atomic E-state index is 13.1. The first kappa shape index (κ1) is 24.1. The zero-order valence-corrected chi connectivity index (χ0v) is 20.7. The number of rotatable bonds is 7. The van der Waals surface area contributed by atoms with Gasteiger partial charge in [-0.25, -0.2) is 0 Å². The van der Waals surface area contributed by atoms with Crippen LogP contribution in [0.1, 0.15) is 78.7 Å². The summed E-state index contributed by atoms with van der Waals surface area (Å²) < 4.78 is 0. The molecular weight excluding hydrogens is 450 g/mol. The number of para-hydroxylation sites is 1. The predicted octanol–water partition coefficient (Wildman–Crippen LogP) is 4.48. The molecule has 36 heavy (non-hydrogen) atoms. The minimum absolute atomic E-state index is 0.00333. The number of terminal acetylenes is 1. The van der Waals surface area contributed by atoms with E-state index in [1.54, 1.807) is 12.1 Å². The number of hydrogen-bond donors (Lipinski definition) is 3. The molecule has 0 radical (unpaired) electrons. The lowest BCUT2D eigenvalue weighted by atomic mass is 9.80. The number of aromatic amines is 1. The van der Waals surface area contributed by atoms with Gasteiger partial charge in [0.1, 0.15) is 0 Å². The highest BCUT2D eigenvalue weighted by Gasteiger charge is 2.40. The molecule has 3 aromatic rings. The third kappa shape index (κ3) is 4.40. The molecule has 2 heterocycles. The Balaban J connectivity index is 1.50. The number of nitrogens with one attached hydrogen (secondary N) is 2. The third-order valence-electron chi connectivity index (χ3n) is 7.83. The van der Waals surface area contributed by atoms with E-state index in [0.717, 1.165) is 61.7 Å². The van der Waals surface area contributed by atoms with Gasteiger partial charge in [0.15, 0.2) is 0 Å². The van der Waals surface area contributed by atoms with Crippen LogP contribution in [0.25, 0.3) is 10.9 Å². The van der Waals surface area contributed by atoms with E-state index in [2.05, 4.69) is 35.3 Å². The molecule has 5 rings (SSSR count). The number of hydrogen-bond acceptors (Lipinski definition) is 3. The fourth-order valence-electron chi connectivity index (χ4n) is 5.65. The van der Waals surface area contributed by atoms with Crippen LogP contribution in [0.3, 0.4) is 0 Å². The quantitative estimate of drug-likeness (QED) is 0.433. The number of amides is 2. The number of carbonyl (C=O) groups excluding carboxylic acids is 2. The van der Waals surface area contributed by atoms with Gasteiger partial charge in [0, 0.05) is 34.7 Å². The van der Waals surface area contributed by atoms with E-state index in [-0.39, 0.29) is 30.4 Å². The molecule has 1 aliphatic heterocycles. The van der Waals surface area contributed by atoms with Crippen LogP contribution in [0.2, 0.25) is 0 Å². The second kappa shape index (κ2) is 9.83. The first-order valence-electron chi connectivity index (χ1n) is 12.9. The standard InChI is InChI=1S/C30H33N3O3/c1-3-5-9-22-18-24-23-10-6-7-11-25(23)32-27(24)28(33(22)26(34)4-2)20-12-14-21(15-13-20)29(35)31-19-30(36)16-8-17-30/h2,6-7,10-15,22,28,32,36H,3,5,8-9,16-19H2,1H3,(H,31,35)/t22-,28-/m0/s1. The van der Waals surface area contributed by atoms with Crippen molar-refractivity contribution in [3.63, 3.8) is 0 Å². The van der Waals surface area contributed by atoms with Gasteiger partial charge in [0.25, 0.3) is 11.8 Å². The number of carbonyl (C=O) groups is 2. The summed E-state index contributed by atoms with van der Waals surface area (Å²) in [5, 5.41) is 14.3. The Morgan fingerprint density at radius 1 is 1.19 bits per heavy atom. The van der Waals surface area contributed by atoms with E-state index in [9.17, 15) is 14.7 Å². The molecule has 0 spiro atoms. The summed E-state index contributed by atoms with van der Waals surface area (Å²) in [6.45, 7) is 2.41. The Morgan fingerprint density at radius 2 is 1.94 bits per heavy atom. The molecule has 2 amide bonds. The summed E-state index contributed by atoms with van der Waals surface area (Å²) in [5.41, 5.74) is 3.91. The van der Waals surface area contributed by atoms with Crippen LogP contribution in [0.4, 0.5) is 0 Å². The number of nitrogens with zero attached hydrogens (tertiary/aromatic N) is 1. The van der Waals surface area contributed by atoms with Crippen LogP contribution in [0, 0.1) is 12.3 Å². The molecule has 6 heteroatoms. The van der Waals surface area contributed by atoms with Gasteiger partial charge < -0.3 is 20.3 Å². The largest absolute Gasteiger partial charge is 0.388 e. The molecule has 1 aromatic heterocycles. The monoisotopic (exact) mass is 483 g/mol. The first-order chi connectivity index (χ1) is 17.4. The molecule has 3 N–H and O–H groups in total. The number of aromatic nitrogens is 1. The van der Waals surface area contributed by atoms with Crippen LogP contribution >= 0.6 is 0 Å². The summed E-state index contributed by atoms with van der Waals surface area (Å²) >= 11 is 0. The lowest BCUT2D eigenvalue weighted by Crippen LogP contribution is -2.48. The summed E-state index contributed by atoms with van der Waals surface area (Å²) in [6, 6.07) is 15.2. The van der Waals surface area contributed by atoms with Gasteiger partial charge in [0.05, 0.1) is 11.6 Å². The molecule has 2 aromatic carbocycles. The number of benzene rings is 2. The number of H-pyrrole nitrogens is 1. The van der Waals surface area contributed by atoms with E-state index >= 15 is 0 Å². The topological polar surface area (TPSA) is 85.4 Å². The van der Waals surface area contributed by atoms with Crippen molar-refractivity contribution >= 4 is 22.7 Å². The first-order valence-corrected chi connectivity index (χ1v) is 12.9. The number of aliphatic hydroxyl groups is 1. The van der Waals surface area contributed by atoms with Crippen molar-refractivity contribution in [3.8, 4) is 12.3 Å². The summed E-state index contributed by atoms with van der Waals surface area (Å²) in [7, 11) is 0. The second-order valence-corrected chi connectivity index (χ2v) is 10.2. The van der Waals surface area contributed by atoms with Crippen LogP contribution in [-0.4, -0.2) is 45.0 Å². The maximum Gasteiger partial charge on any atom is 0.299 e. The van der Waals surface area contributed by atoms with Crippen LogP contribution in [0.5, 0.6) is 0 Å². The molecule has 0 unspecified atom stereocenters. The van der Waals surface area contributed by atoms with Gasteiger partial charge in [-0.1, -0.05) is 50.1 Å². The summed E-state index contributed by atoms with van der Waals surface area (Å²) in [5.74, 6) is 1.83. The van der Waals surface area contributed by atoms with E-state index in [1.807, 2.05) is 29.2 Å². The average Bonchev–Trinajstić information content (AvgIpc) is 3.26. The van der Waals surface area contributed by atoms with Gasteiger partial charge >= 0.3 is 0 Å². The molecule has 2 atom stereocenters. The Morgan fingerprint density at radius 3 is 2.61 bits per heavy atom. The van der Waals surface area contributed by atoms with Crippen LogP contribution in [-0.2, 0) is 11.2 Å². The molecule has 0 saturated heterocycles. The molecule has 1 aliphatic carbocycles. The Hall–Kier alpha value is -3.56. The van der Waals surface area contributed by atoms with Crippen molar-refractivity contribution in [2.45, 2.75) is 69.6 Å². The highest BCUT2D eigenvalue weighted by atomic mass is 16.3. The smallest absolute Gasteiger partial charge is 0.299 e. The van der Waals surface area contributed by atoms with Gasteiger partial charge in [-0.05, 0) is 67.4 Å². The van der Waals surface area contributed by atoms with E-state index in [1.165, 1.54) is 10.9 Å². The molecule has 6 nitrogen and oxygen atoms in total. The number of fused-ring (bicyclic) bond motifs is 3. The average molecular weight is 484 g/mol. The summed E-state index contributed by atoms with van der Waals surface area (Å²) in [6.07, 6.45) is 11.8. The molecule has 1 fully saturated rings. The Bertz CT molecular complexity index is 1310. The van der Waals surface area contributed by atoms with Crippen molar-refractivity contribution in [2.75, 3.05) is 6.54 Å². The second-order valence-electron chi connectivity index (χ2n) is 10.2. The maximum absolute atomic E-state index is 13.1. The molecule has 2 aliphatic rings. The highest BCUT2D eigenvalue weighted by molar-refractivity contribution is 5.95. The van der Waals surface area contributed by atoms with E-state index < -0.39 is 5.60 Å². The van der Waals surface area contributed by atoms with Crippen molar-refractivity contribution in [2.24, 2.45) is 0 Å². The number of unbranched alkanes of at least 4 members (excludes halogenated alkanes) is 1. The minimum atomic E-state index is -0.771. The Kier molecular flexibility index (Phi) is 6.59. The predicted molar refractivity (Wildman–Crippen MR) is 140 cm³/mol. The lowest BCUT2D eigenvalue weighted by Gasteiger charge is -2.41. The minimum Gasteiger partial charge on any atom is -0.388 e. The van der Waals surface area contributed by atoms with Crippen molar-refractivity contribution in [1.29, 1.82) is 0 Å². The normalized spacial score (nSPS) is 20.3. The van der Waals surface area contributed by atoms with Gasteiger partial charge in [-0.3, -0.25) is 9.59 Å². The SMILES string of the molecule is C#CC(=O)N1[C@@H](CCCC)Cc2c([nH]c3ccccc23)[C@@H]1c1ccc(C(=O)NCC2(O)CCC2)cc1. The molecule has 1 saturated carbocycles. The van der Waals surface area contributed by atoms with Crippen molar-refractivity contribution in [3.05, 3.63) is 70.9 Å². The van der Waals surface area contributed by atoms with Gasteiger partial charge in [0.2, 0.25) is 0 Å². The van der Waals surface area contributed by atoms with Crippen LogP contribution < -0.4 is 5.32 Å². The highest BCUT2D eigenvalue weighted by Crippen LogP contribution is 2.42. The molecular formula is C30H33N3O3. The van der Waals surface area contributed by atoms with Gasteiger partial charge in [-0.2, -0.15) is 0 Å². The van der Waals surface area contributed by atoms with E-state index in [0.29, 0.717) is 5.56 Å². The third-order valence-corrected chi connectivity index (χ3v) is 7.83. The van der Waals surface area contributed by atoms with Crippen LogP contribution in [0.15, 0.2) is 48.5 Å². The molecule has 186 valence electrons. The molecule has 0 bridgehead atoms. The van der Waals surface area contributed by atoms with E-state index in [4.69, 9.17) is 6.42 Å². The lowest BCUT2D eigenvalue weighted by molar-refractivity contribution is -0.130. The van der Waals surface area contributed by atoms with Gasteiger partial charge in [-0.15, -0.1) is 6.42 Å². The fraction of sp³-hybridized carbons (Fsp3) is 0.400. The Labute approximate surface area is 212 Å². The zero-order chi connectivity index (χ0) is 25.3. The zero-order valence-electron chi connectivity index (χ0n) is 20.7. The van der Waals surface area contributed by atoms with Crippen molar-refractivity contribution in [1.82, 2.24) is 15.2 Å². The van der Waals surface area contributed by atoms with Crippen molar-refractivity contribution < 1.29 is 14.7 Å². The summed E-state index contributed by atoms with van der Waals surface area (Å²) in [4.78, 5) is 31.3. The fourth-order valence-corrected chi connectivity index (χ4v) is 5.65.